The number of carboxylic acids is 1. The molecule has 0 spiro atoms. The highest BCUT2D eigenvalue weighted by Crippen LogP contribution is 2.38. The summed E-state index contributed by atoms with van der Waals surface area (Å²) in [5.41, 5.74) is 5.50. The summed E-state index contributed by atoms with van der Waals surface area (Å²) in [4.78, 5) is 11.6. The van der Waals surface area contributed by atoms with Crippen molar-refractivity contribution in [2.75, 3.05) is 0 Å². The van der Waals surface area contributed by atoms with Gasteiger partial charge < -0.3 is 9.84 Å². The SMILES string of the molecule is CCCCc1ccc(C[C@@]2(C)CCc3ccc(-c4ccccc4C(=O)O)cc3O2)cc1. The summed E-state index contributed by atoms with van der Waals surface area (Å²) >= 11 is 0. The van der Waals surface area contributed by atoms with Crippen LogP contribution in [0.25, 0.3) is 11.1 Å². The van der Waals surface area contributed by atoms with Gasteiger partial charge in [0.2, 0.25) is 0 Å². The molecule has 0 saturated heterocycles. The van der Waals surface area contributed by atoms with Crippen LogP contribution in [0.1, 0.15) is 60.2 Å². The first-order valence-electron chi connectivity index (χ1n) is 11.2. The minimum Gasteiger partial charge on any atom is -0.487 e. The van der Waals surface area contributed by atoms with Crippen LogP contribution in [0.2, 0.25) is 0 Å². The van der Waals surface area contributed by atoms with Crippen molar-refractivity contribution >= 4 is 5.97 Å². The standard InChI is InChI=1S/C28H30O3/c1-3-4-7-20-10-12-21(13-11-20)19-28(2)17-16-22-14-15-23(18-26(22)31-28)24-8-5-6-9-25(24)27(29)30/h5-6,8-15,18H,3-4,7,16-17,19H2,1-2H3,(H,29,30)/t28-/m1/s1. The number of carboxylic acid groups (broad SMARTS) is 1. The zero-order valence-electron chi connectivity index (χ0n) is 18.4. The van der Waals surface area contributed by atoms with Gasteiger partial charge in [0.05, 0.1) is 5.56 Å². The van der Waals surface area contributed by atoms with Gasteiger partial charge >= 0.3 is 5.97 Å². The molecule has 3 aromatic carbocycles. The maximum absolute atomic E-state index is 11.6. The first-order valence-corrected chi connectivity index (χ1v) is 11.2. The summed E-state index contributed by atoms with van der Waals surface area (Å²) in [6, 6.07) is 22.2. The molecule has 1 atom stereocenters. The van der Waals surface area contributed by atoms with Crippen molar-refractivity contribution in [3.63, 3.8) is 0 Å². The molecular formula is C28H30O3. The Bertz CT molecular complexity index is 1070. The van der Waals surface area contributed by atoms with Gasteiger partial charge in [-0.05, 0) is 72.6 Å². The molecule has 0 saturated carbocycles. The van der Waals surface area contributed by atoms with Crippen molar-refractivity contribution in [2.45, 2.75) is 58.0 Å². The van der Waals surface area contributed by atoms with Gasteiger partial charge in [-0.15, -0.1) is 0 Å². The Morgan fingerprint density at radius 2 is 1.77 bits per heavy atom. The summed E-state index contributed by atoms with van der Waals surface area (Å²) in [5.74, 6) is -0.0486. The monoisotopic (exact) mass is 414 g/mol. The Balaban J connectivity index is 1.55. The number of hydrogen-bond donors (Lipinski definition) is 1. The highest BCUT2D eigenvalue weighted by molar-refractivity contribution is 5.96. The predicted molar refractivity (Wildman–Crippen MR) is 125 cm³/mol. The van der Waals surface area contributed by atoms with Gasteiger partial charge in [-0.2, -0.15) is 0 Å². The maximum Gasteiger partial charge on any atom is 0.336 e. The minimum absolute atomic E-state index is 0.275. The van der Waals surface area contributed by atoms with Crippen molar-refractivity contribution in [1.82, 2.24) is 0 Å². The third-order valence-corrected chi connectivity index (χ3v) is 6.24. The summed E-state index contributed by atoms with van der Waals surface area (Å²) < 4.78 is 6.53. The highest BCUT2D eigenvalue weighted by atomic mass is 16.5. The number of rotatable bonds is 7. The second kappa shape index (κ2) is 8.97. The van der Waals surface area contributed by atoms with Crippen LogP contribution < -0.4 is 4.74 Å². The molecule has 0 unspecified atom stereocenters. The molecular weight excluding hydrogens is 384 g/mol. The topological polar surface area (TPSA) is 46.5 Å². The fraction of sp³-hybridized carbons (Fsp3) is 0.321. The van der Waals surface area contributed by atoms with Crippen LogP contribution in [-0.4, -0.2) is 16.7 Å². The number of hydrogen-bond acceptors (Lipinski definition) is 2. The summed E-state index contributed by atoms with van der Waals surface area (Å²) in [5, 5.41) is 9.55. The van der Waals surface area contributed by atoms with Gasteiger partial charge in [-0.25, -0.2) is 4.79 Å². The smallest absolute Gasteiger partial charge is 0.336 e. The second-order valence-corrected chi connectivity index (χ2v) is 8.82. The average molecular weight is 415 g/mol. The van der Waals surface area contributed by atoms with Gasteiger partial charge in [0.15, 0.2) is 0 Å². The van der Waals surface area contributed by atoms with Crippen LogP contribution in [0.15, 0.2) is 66.7 Å². The first-order chi connectivity index (χ1) is 15.0. The Morgan fingerprint density at radius 3 is 2.52 bits per heavy atom. The number of aromatic carboxylic acids is 1. The molecule has 31 heavy (non-hydrogen) atoms. The van der Waals surface area contributed by atoms with E-state index in [1.807, 2.05) is 24.3 Å². The molecule has 3 heteroatoms. The second-order valence-electron chi connectivity index (χ2n) is 8.82. The fourth-order valence-corrected chi connectivity index (χ4v) is 4.42. The average Bonchev–Trinajstić information content (AvgIpc) is 2.78. The van der Waals surface area contributed by atoms with E-state index in [1.54, 1.807) is 12.1 Å². The van der Waals surface area contributed by atoms with Crippen LogP contribution >= 0.6 is 0 Å². The molecule has 1 aliphatic rings. The van der Waals surface area contributed by atoms with E-state index in [1.165, 1.54) is 29.5 Å². The van der Waals surface area contributed by atoms with Crippen molar-refractivity contribution < 1.29 is 14.6 Å². The quantitative estimate of drug-likeness (QED) is 0.467. The summed E-state index contributed by atoms with van der Waals surface area (Å²) in [6.07, 6.45) is 6.36. The van der Waals surface area contributed by atoms with Gasteiger partial charge in [-0.1, -0.05) is 67.9 Å². The third kappa shape index (κ3) is 4.82. The zero-order valence-corrected chi connectivity index (χ0v) is 18.4. The minimum atomic E-state index is -0.915. The van der Waals surface area contributed by atoms with E-state index in [9.17, 15) is 9.90 Å². The van der Waals surface area contributed by atoms with E-state index >= 15 is 0 Å². The van der Waals surface area contributed by atoms with Gasteiger partial charge in [-0.3, -0.25) is 0 Å². The van der Waals surface area contributed by atoms with E-state index in [0.717, 1.165) is 42.6 Å². The van der Waals surface area contributed by atoms with Crippen LogP contribution in [0.4, 0.5) is 0 Å². The lowest BCUT2D eigenvalue weighted by Crippen LogP contribution is -2.38. The van der Waals surface area contributed by atoms with Gasteiger partial charge in [0.1, 0.15) is 11.4 Å². The molecule has 0 aliphatic carbocycles. The van der Waals surface area contributed by atoms with E-state index in [0.29, 0.717) is 5.56 Å². The normalized spacial score (nSPS) is 17.6. The number of unbranched alkanes of at least 4 members (excludes halogenated alkanes) is 1. The number of aryl methyl sites for hydroxylation is 2. The molecule has 0 fully saturated rings. The van der Waals surface area contributed by atoms with Crippen molar-refractivity contribution in [3.8, 4) is 16.9 Å². The lowest BCUT2D eigenvalue weighted by atomic mass is 9.86. The van der Waals surface area contributed by atoms with Crippen molar-refractivity contribution in [2.24, 2.45) is 0 Å². The van der Waals surface area contributed by atoms with Crippen LogP contribution in [-0.2, 0) is 19.3 Å². The third-order valence-electron chi connectivity index (χ3n) is 6.24. The first kappa shape index (κ1) is 21.2. The predicted octanol–water partition coefficient (Wildman–Crippen LogP) is 6.72. The van der Waals surface area contributed by atoms with E-state index in [4.69, 9.17) is 4.74 Å². The molecule has 0 radical (unpaired) electrons. The number of ether oxygens (including phenoxy) is 1. The molecule has 3 nitrogen and oxygen atoms in total. The lowest BCUT2D eigenvalue weighted by Gasteiger charge is -2.36. The summed E-state index contributed by atoms with van der Waals surface area (Å²) in [6.45, 7) is 4.40. The van der Waals surface area contributed by atoms with Gasteiger partial charge in [0.25, 0.3) is 0 Å². The van der Waals surface area contributed by atoms with Crippen molar-refractivity contribution in [3.05, 3.63) is 89.0 Å². The van der Waals surface area contributed by atoms with Crippen molar-refractivity contribution in [1.29, 1.82) is 0 Å². The fourth-order valence-electron chi connectivity index (χ4n) is 4.42. The molecule has 1 aliphatic heterocycles. The largest absolute Gasteiger partial charge is 0.487 e. The molecule has 0 amide bonds. The number of fused-ring (bicyclic) bond motifs is 1. The number of benzene rings is 3. The highest BCUT2D eigenvalue weighted by Gasteiger charge is 2.32. The molecule has 4 rings (SSSR count). The maximum atomic E-state index is 11.6. The van der Waals surface area contributed by atoms with E-state index in [2.05, 4.69) is 44.2 Å². The zero-order chi connectivity index (χ0) is 21.8. The lowest BCUT2D eigenvalue weighted by molar-refractivity contribution is 0.0653. The van der Waals surface area contributed by atoms with E-state index in [-0.39, 0.29) is 5.60 Å². The van der Waals surface area contributed by atoms with Crippen LogP contribution in [0, 0.1) is 0 Å². The molecule has 160 valence electrons. The Labute approximate surface area is 184 Å². The summed E-state index contributed by atoms with van der Waals surface area (Å²) in [7, 11) is 0. The molecule has 0 aromatic heterocycles. The van der Waals surface area contributed by atoms with Gasteiger partial charge in [0, 0.05) is 6.42 Å². The van der Waals surface area contributed by atoms with E-state index < -0.39 is 5.97 Å². The van der Waals surface area contributed by atoms with Crippen LogP contribution in [0.3, 0.4) is 0 Å². The molecule has 0 bridgehead atoms. The number of carbonyl (C=O) groups is 1. The molecule has 1 heterocycles. The Morgan fingerprint density at radius 1 is 1.03 bits per heavy atom. The Hall–Kier alpha value is -3.07. The molecule has 3 aromatic rings. The molecule has 1 N–H and O–H groups in total. The van der Waals surface area contributed by atoms with Crippen LogP contribution in [0.5, 0.6) is 5.75 Å². The Kier molecular flexibility index (Phi) is 6.13.